The lowest BCUT2D eigenvalue weighted by molar-refractivity contribution is 0.0697. The molecule has 0 saturated heterocycles. The lowest BCUT2D eigenvalue weighted by Crippen LogP contribution is -2.17. The van der Waals surface area contributed by atoms with Crippen molar-refractivity contribution in [3.8, 4) is 0 Å². The van der Waals surface area contributed by atoms with Crippen LogP contribution in [0.15, 0.2) is 24.3 Å². The molecule has 0 fully saturated rings. The Bertz CT molecular complexity index is 323. The van der Waals surface area contributed by atoms with Crippen molar-refractivity contribution < 1.29 is 9.90 Å². The van der Waals surface area contributed by atoms with Gasteiger partial charge in [-0.1, -0.05) is 13.0 Å². The van der Waals surface area contributed by atoms with Gasteiger partial charge in [0.1, 0.15) is 0 Å². The van der Waals surface area contributed by atoms with Gasteiger partial charge in [0.25, 0.3) is 0 Å². The Morgan fingerprint density at radius 1 is 1.50 bits per heavy atom. The molecule has 0 amide bonds. The highest BCUT2D eigenvalue weighted by molar-refractivity contribution is 5.88. The van der Waals surface area contributed by atoms with Gasteiger partial charge < -0.3 is 10.0 Å². The quantitative estimate of drug-likeness (QED) is 0.797. The highest BCUT2D eigenvalue weighted by Gasteiger charge is 2.05. The topological polar surface area (TPSA) is 40.5 Å². The third kappa shape index (κ3) is 2.49. The van der Waals surface area contributed by atoms with Crippen LogP contribution in [0.5, 0.6) is 0 Å². The molecule has 1 aromatic carbocycles. The largest absolute Gasteiger partial charge is 0.478 e. The van der Waals surface area contributed by atoms with E-state index in [-0.39, 0.29) is 0 Å². The molecular formula is C11H15NO2. The molecular weight excluding hydrogens is 178 g/mol. The molecule has 76 valence electrons. The number of anilines is 1. The smallest absolute Gasteiger partial charge is 0.335 e. The fourth-order valence-electron chi connectivity index (χ4n) is 1.34. The first kappa shape index (κ1) is 10.6. The standard InChI is InChI=1S/C11H15NO2/c1-3-7-12(2)10-6-4-5-9(8-10)11(13)14/h4-6,8H,3,7H2,1-2H3,(H,13,14). The van der Waals surface area contributed by atoms with Gasteiger partial charge in [0.15, 0.2) is 0 Å². The fourth-order valence-corrected chi connectivity index (χ4v) is 1.34. The first-order chi connectivity index (χ1) is 6.65. The van der Waals surface area contributed by atoms with Gasteiger partial charge in [-0.25, -0.2) is 4.79 Å². The minimum Gasteiger partial charge on any atom is -0.478 e. The average molecular weight is 193 g/mol. The van der Waals surface area contributed by atoms with Gasteiger partial charge in [-0.3, -0.25) is 0 Å². The number of carbonyl (C=O) groups is 1. The van der Waals surface area contributed by atoms with Gasteiger partial charge in [-0.15, -0.1) is 0 Å². The van der Waals surface area contributed by atoms with Gasteiger partial charge in [-0.2, -0.15) is 0 Å². The van der Waals surface area contributed by atoms with E-state index in [1.807, 2.05) is 18.0 Å². The normalized spacial score (nSPS) is 9.86. The molecule has 0 aliphatic rings. The van der Waals surface area contributed by atoms with Crippen molar-refractivity contribution in [2.45, 2.75) is 13.3 Å². The Balaban J connectivity index is 2.87. The number of carboxylic acid groups (broad SMARTS) is 1. The summed E-state index contributed by atoms with van der Waals surface area (Å²) in [6.45, 7) is 3.03. The molecule has 0 radical (unpaired) electrons. The minimum absolute atomic E-state index is 0.338. The molecule has 0 unspecified atom stereocenters. The van der Waals surface area contributed by atoms with Gasteiger partial charge >= 0.3 is 5.97 Å². The van der Waals surface area contributed by atoms with Crippen LogP contribution < -0.4 is 4.90 Å². The predicted molar refractivity (Wildman–Crippen MR) is 57.0 cm³/mol. The summed E-state index contributed by atoms with van der Waals surface area (Å²) in [6.07, 6.45) is 1.05. The number of carboxylic acids is 1. The summed E-state index contributed by atoms with van der Waals surface area (Å²) < 4.78 is 0. The van der Waals surface area contributed by atoms with Crippen LogP contribution in [0.4, 0.5) is 5.69 Å². The first-order valence-electron chi connectivity index (χ1n) is 4.69. The van der Waals surface area contributed by atoms with E-state index in [4.69, 9.17) is 5.11 Å². The monoisotopic (exact) mass is 193 g/mol. The fraction of sp³-hybridized carbons (Fsp3) is 0.364. The van der Waals surface area contributed by atoms with Crippen LogP contribution in [0, 0.1) is 0 Å². The third-order valence-corrected chi connectivity index (χ3v) is 2.09. The van der Waals surface area contributed by atoms with Crippen LogP contribution in [-0.4, -0.2) is 24.7 Å². The van der Waals surface area contributed by atoms with Crippen LogP contribution in [0.2, 0.25) is 0 Å². The van der Waals surface area contributed by atoms with Crippen molar-refractivity contribution in [2.75, 3.05) is 18.5 Å². The van der Waals surface area contributed by atoms with Gasteiger partial charge in [0.2, 0.25) is 0 Å². The van der Waals surface area contributed by atoms with E-state index in [9.17, 15) is 4.79 Å². The summed E-state index contributed by atoms with van der Waals surface area (Å²) in [5, 5.41) is 8.80. The van der Waals surface area contributed by atoms with E-state index in [2.05, 4.69) is 6.92 Å². The van der Waals surface area contributed by atoms with Crippen molar-refractivity contribution in [1.82, 2.24) is 0 Å². The second-order valence-corrected chi connectivity index (χ2v) is 3.28. The zero-order valence-electron chi connectivity index (χ0n) is 8.53. The maximum atomic E-state index is 10.7. The van der Waals surface area contributed by atoms with E-state index >= 15 is 0 Å². The molecule has 0 atom stereocenters. The number of benzene rings is 1. The number of rotatable bonds is 4. The van der Waals surface area contributed by atoms with Crippen LogP contribution >= 0.6 is 0 Å². The van der Waals surface area contributed by atoms with E-state index in [0.717, 1.165) is 18.7 Å². The Morgan fingerprint density at radius 3 is 2.79 bits per heavy atom. The lowest BCUT2D eigenvalue weighted by atomic mass is 10.2. The number of aromatic carboxylic acids is 1. The number of nitrogens with zero attached hydrogens (tertiary/aromatic N) is 1. The zero-order chi connectivity index (χ0) is 10.6. The number of hydrogen-bond donors (Lipinski definition) is 1. The van der Waals surface area contributed by atoms with Crippen molar-refractivity contribution in [3.05, 3.63) is 29.8 Å². The molecule has 14 heavy (non-hydrogen) atoms. The highest BCUT2D eigenvalue weighted by atomic mass is 16.4. The molecule has 0 aliphatic heterocycles. The Morgan fingerprint density at radius 2 is 2.21 bits per heavy atom. The van der Waals surface area contributed by atoms with E-state index in [1.165, 1.54) is 0 Å². The Labute approximate surface area is 84.0 Å². The van der Waals surface area contributed by atoms with Crippen molar-refractivity contribution in [2.24, 2.45) is 0 Å². The summed E-state index contributed by atoms with van der Waals surface area (Å²) in [7, 11) is 1.96. The maximum Gasteiger partial charge on any atom is 0.335 e. The van der Waals surface area contributed by atoms with E-state index in [0.29, 0.717) is 5.56 Å². The number of hydrogen-bond acceptors (Lipinski definition) is 2. The minimum atomic E-state index is -0.878. The zero-order valence-corrected chi connectivity index (χ0v) is 8.53. The second kappa shape index (κ2) is 4.65. The molecule has 0 spiro atoms. The Kier molecular flexibility index (Phi) is 3.51. The van der Waals surface area contributed by atoms with Crippen molar-refractivity contribution in [3.63, 3.8) is 0 Å². The summed E-state index contributed by atoms with van der Waals surface area (Å²) in [6, 6.07) is 6.98. The molecule has 3 nitrogen and oxygen atoms in total. The average Bonchev–Trinajstić information content (AvgIpc) is 2.18. The van der Waals surface area contributed by atoms with Gasteiger partial charge in [0, 0.05) is 19.3 Å². The van der Waals surface area contributed by atoms with Crippen LogP contribution in [0.1, 0.15) is 23.7 Å². The first-order valence-corrected chi connectivity index (χ1v) is 4.69. The summed E-state index contributed by atoms with van der Waals surface area (Å²) >= 11 is 0. The van der Waals surface area contributed by atoms with Crippen LogP contribution in [-0.2, 0) is 0 Å². The molecule has 1 rings (SSSR count). The molecule has 3 heteroatoms. The van der Waals surface area contributed by atoms with Crippen molar-refractivity contribution in [1.29, 1.82) is 0 Å². The van der Waals surface area contributed by atoms with Crippen LogP contribution in [0.3, 0.4) is 0 Å². The maximum absolute atomic E-state index is 10.7. The summed E-state index contributed by atoms with van der Waals surface area (Å²) in [4.78, 5) is 12.8. The molecule has 1 aromatic rings. The molecule has 1 N–H and O–H groups in total. The van der Waals surface area contributed by atoms with Gasteiger partial charge in [0.05, 0.1) is 5.56 Å². The SMILES string of the molecule is CCCN(C)c1cccc(C(=O)O)c1. The predicted octanol–water partition coefficient (Wildman–Crippen LogP) is 2.23. The molecule has 0 heterocycles. The van der Waals surface area contributed by atoms with Crippen molar-refractivity contribution >= 4 is 11.7 Å². The Hall–Kier alpha value is -1.51. The molecule has 0 saturated carbocycles. The summed E-state index contributed by atoms with van der Waals surface area (Å²) in [5.74, 6) is -0.878. The molecule has 0 bridgehead atoms. The summed E-state index contributed by atoms with van der Waals surface area (Å²) in [5.41, 5.74) is 1.29. The van der Waals surface area contributed by atoms with E-state index in [1.54, 1.807) is 18.2 Å². The lowest BCUT2D eigenvalue weighted by Gasteiger charge is -2.18. The van der Waals surface area contributed by atoms with Gasteiger partial charge in [-0.05, 0) is 24.6 Å². The molecule has 0 aliphatic carbocycles. The highest BCUT2D eigenvalue weighted by Crippen LogP contribution is 2.14. The van der Waals surface area contributed by atoms with E-state index < -0.39 is 5.97 Å². The second-order valence-electron chi connectivity index (χ2n) is 3.28. The third-order valence-electron chi connectivity index (χ3n) is 2.09. The molecule has 0 aromatic heterocycles. The van der Waals surface area contributed by atoms with Crippen LogP contribution in [0.25, 0.3) is 0 Å².